The SMILES string of the molecule is Cc1ccc2c(c1)C1(CC1)C(=O)N2C. The number of carbonyl (C=O) groups is 1. The van der Waals surface area contributed by atoms with Crippen LogP contribution in [0, 0.1) is 6.92 Å². The van der Waals surface area contributed by atoms with Gasteiger partial charge in [0.05, 0.1) is 5.41 Å². The summed E-state index contributed by atoms with van der Waals surface area (Å²) >= 11 is 0. The highest BCUT2D eigenvalue weighted by Gasteiger charge is 2.58. The van der Waals surface area contributed by atoms with Crippen LogP contribution in [0.25, 0.3) is 0 Å². The number of likely N-dealkylation sites (N-methyl/N-ethyl adjacent to an activating group) is 1. The summed E-state index contributed by atoms with van der Waals surface area (Å²) in [6, 6.07) is 6.31. The lowest BCUT2D eigenvalue weighted by atomic mass is 9.96. The van der Waals surface area contributed by atoms with Crippen LogP contribution in [0.3, 0.4) is 0 Å². The molecule has 3 rings (SSSR count). The van der Waals surface area contributed by atoms with Gasteiger partial charge in [-0.3, -0.25) is 4.79 Å². The smallest absolute Gasteiger partial charge is 0.237 e. The van der Waals surface area contributed by atoms with Gasteiger partial charge in [0, 0.05) is 12.7 Å². The van der Waals surface area contributed by atoms with E-state index in [-0.39, 0.29) is 11.3 Å². The Morgan fingerprint density at radius 1 is 1.36 bits per heavy atom. The van der Waals surface area contributed by atoms with Crippen molar-refractivity contribution in [3.63, 3.8) is 0 Å². The fourth-order valence-electron chi connectivity index (χ4n) is 2.48. The molecule has 14 heavy (non-hydrogen) atoms. The van der Waals surface area contributed by atoms with E-state index < -0.39 is 0 Å². The molecular weight excluding hydrogens is 174 g/mol. The third-order valence-electron chi connectivity index (χ3n) is 3.49. The van der Waals surface area contributed by atoms with Crippen LogP contribution in [-0.4, -0.2) is 13.0 Å². The van der Waals surface area contributed by atoms with Crippen LogP contribution in [0.4, 0.5) is 5.69 Å². The van der Waals surface area contributed by atoms with Gasteiger partial charge in [-0.15, -0.1) is 0 Å². The predicted octanol–water partition coefficient (Wildman–Crippen LogP) is 2.00. The van der Waals surface area contributed by atoms with Crippen molar-refractivity contribution in [2.24, 2.45) is 0 Å². The Hall–Kier alpha value is -1.31. The maximum absolute atomic E-state index is 12.0. The molecule has 0 unspecified atom stereocenters. The van der Waals surface area contributed by atoms with Crippen LogP contribution >= 0.6 is 0 Å². The van der Waals surface area contributed by atoms with Gasteiger partial charge in [0.1, 0.15) is 0 Å². The number of hydrogen-bond acceptors (Lipinski definition) is 1. The van der Waals surface area contributed by atoms with Crippen LogP contribution in [0.5, 0.6) is 0 Å². The lowest BCUT2D eigenvalue weighted by Crippen LogP contribution is -2.27. The first-order valence-electron chi connectivity index (χ1n) is 5.04. The zero-order valence-electron chi connectivity index (χ0n) is 8.50. The van der Waals surface area contributed by atoms with Gasteiger partial charge < -0.3 is 4.90 Å². The van der Waals surface area contributed by atoms with Gasteiger partial charge in [0.15, 0.2) is 0 Å². The largest absolute Gasteiger partial charge is 0.314 e. The molecule has 72 valence electrons. The van der Waals surface area contributed by atoms with Crippen molar-refractivity contribution in [3.8, 4) is 0 Å². The molecule has 1 aliphatic carbocycles. The number of anilines is 1. The van der Waals surface area contributed by atoms with Crippen LogP contribution in [0.2, 0.25) is 0 Å². The third-order valence-corrected chi connectivity index (χ3v) is 3.49. The fourth-order valence-corrected chi connectivity index (χ4v) is 2.48. The van der Waals surface area contributed by atoms with E-state index in [4.69, 9.17) is 0 Å². The Morgan fingerprint density at radius 2 is 2.07 bits per heavy atom. The summed E-state index contributed by atoms with van der Waals surface area (Å²) in [5, 5.41) is 0. The minimum Gasteiger partial charge on any atom is -0.314 e. The molecule has 0 aromatic heterocycles. The highest BCUT2D eigenvalue weighted by molar-refractivity contribution is 6.09. The molecule has 1 aromatic rings. The summed E-state index contributed by atoms with van der Waals surface area (Å²) in [6.07, 6.45) is 2.07. The molecule has 0 saturated heterocycles. The Balaban J connectivity index is 2.27. The molecule has 1 aromatic carbocycles. The number of amides is 1. The number of carbonyl (C=O) groups excluding carboxylic acids is 1. The molecule has 1 aliphatic heterocycles. The number of fused-ring (bicyclic) bond motifs is 2. The highest BCUT2D eigenvalue weighted by atomic mass is 16.2. The molecule has 2 nitrogen and oxygen atoms in total. The van der Waals surface area contributed by atoms with E-state index in [9.17, 15) is 4.79 Å². The molecule has 1 fully saturated rings. The fraction of sp³-hybridized carbons (Fsp3) is 0.417. The van der Waals surface area contributed by atoms with Crippen molar-refractivity contribution in [2.75, 3.05) is 11.9 Å². The van der Waals surface area contributed by atoms with E-state index in [1.165, 1.54) is 11.1 Å². The monoisotopic (exact) mass is 187 g/mol. The van der Waals surface area contributed by atoms with Crippen molar-refractivity contribution in [1.82, 2.24) is 0 Å². The second kappa shape index (κ2) is 2.19. The van der Waals surface area contributed by atoms with Gasteiger partial charge in [0.2, 0.25) is 5.91 Å². The molecule has 0 N–H and O–H groups in total. The predicted molar refractivity (Wildman–Crippen MR) is 55.5 cm³/mol. The van der Waals surface area contributed by atoms with E-state index >= 15 is 0 Å². The zero-order chi connectivity index (χ0) is 9.92. The summed E-state index contributed by atoms with van der Waals surface area (Å²) in [6.45, 7) is 2.08. The second-order valence-corrected chi connectivity index (χ2v) is 4.47. The molecule has 2 aliphatic rings. The number of aryl methyl sites for hydroxylation is 1. The lowest BCUT2D eigenvalue weighted by molar-refractivity contribution is -0.119. The normalized spacial score (nSPS) is 21.6. The molecule has 2 heteroatoms. The summed E-state index contributed by atoms with van der Waals surface area (Å²) in [7, 11) is 1.88. The Morgan fingerprint density at radius 3 is 2.71 bits per heavy atom. The molecule has 1 heterocycles. The summed E-state index contributed by atoms with van der Waals surface area (Å²) in [5.41, 5.74) is 3.50. The van der Waals surface area contributed by atoms with Crippen molar-refractivity contribution < 1.29 is 4.79 Å². The van der Waals surface area contributed by atoms with Crippen LogP contribution < -0.4 is 4.90 Å². The minimum atomic E-state index is -0.115. The van der Waals surface area contributed by atoms with Crippen molar-refractivity contribution in [2.45, 2.75) is 25.2 Å². The number of benzene rings is 1. The first-order valence-corrected chi connectivity index (χ1v) is 5.04. The van der Waals surface area contributed by atoms with E-state index in [1.807, 2.05) is 11.9 Å². The molecule has 1 amide bonds. The molecule has 1 spiro atoms. The Labute approximate surface area is 83.5 Å². The number of rotatable bonds is 0. The summed E-state index contributed by atoms with van der Waals surface area (Å²) < 4.78 is 0. The molecule has 1 saturated carbocycles. The van der Waals surface area contributed by atoms with Gasteiger partial charge in [0.25, 0.3) is 0 Å². The molecule has 0 radical (unpaired) electrons. The Bertz CT molecular complexity index is 432. The quantitative estimate of drug-likeness (QED) is 0.608. The number of nitrogens with zero attached hydrogens (tertiary/aromatic N) is 1. The Kier molecular flexibility index (Phi) is 1.26. The first kappa shape index (κ1) is 8.04. The van der Waals surface area contributed by atoms with E-state index in [0.717, 1.165) is 18.5 Å². The maximum atomic E-state index is 12.0. The number of hydrogen-bond donors (Lipinski definition) is 0. The standard InChI is InChI=1S/C12H13NO/c1-8-3-4-10-9(7-8)12(5-6-12)11(14)13(10)2/h3-4,7H,5-6H2,1-2H3. The van der Waals surface area contributed by atoms with E-state index in [0.29, 0.717) is 0 Å². The summed E-state index contributed by atoms with van der Waals surface area (Å²) in [5.74, 6) is 0.290. The molecule has 0 bridgehead atoms. The molecule has 0 atom stereocenters. The average molecular weight is 187 g/mol. The van der Waals surface area contributed by atoms with Crippen molar-refractivity contribution in [3.05, 3.63) is 29.3 Å². The summed E-state index contributed by atoms with van der Waals surface area (Å²) in [4.78, 5) is 13.8. The van der Waals surface area contributed by atoms with E-state index in [1.54, 1.807) is 0 Å². The van der Waals surface area contributed by atoms with Crippen LogP contribution in [0.15, 0.2) is 18.2 Å². The minimum absolute atomic E-state index is 0.115. The topological polar surface area (TPSA) is 20.3 Å². The van der Waals surface area contributed by atoms with Crippen molar-refractivity contribution in [1.29, 1.82) is 0 Å². The zero-order valence-corrected chi connectivity index (χ0v) is 8.50. The van der Waals surface area contributed by atoms with E-state index in [2.05, 4.69) is 25.1 Å². The van der Waals surface area contributed by atoms with Gasteiger partial charge in [-0.05, 0) is 31.4 Å². The van der Waals surface area contributed by atoms with Crippen LogP contribution in [0.1, 0.15) is 24.0 Å². The molecular formula is C12H13NO. The highest BCUT2D eigenvalue weighted by Crippen LogP contribution is 2.56. The van der Waals surface area contributed by atoms with Gasteiger partial charge >= 0.3 is 0 Å². The maximum Gasteiger partial charge on any atom is 0.237 e. The average Bonchev–Trinajstić information content (AvgIpc) is 2.93. The lowest BCUT2D eigenvalue weighted by Gasteiger charge is -2.09. The van der Waals surface area contributed by atoms with Gasteiger partial charge in [-0.25, -0.2) is 0 Å². The van der Waals surface area contributed by atoms with Gasteiger partial charge in [-0.2, -0.15) is 0 Å². The first-order chi connectivity index (χ1) is 6.65. The van der Waals surface area contributed by atoms with Crippen molar-refractivity contribution >= 4 is 11.6 Å². The third kappa shape index (κ3) is 0.746. The second-order valence-electron chi connectivity index (χ2n) is 4.47. The van der Waals surface area contributed by atoms with Gasteiger partial charge in [-0.1, -0.05) is 17.7 Å². The van der Waals surface area contributed by atoms with Crippen LogP contribution in [-0.2, 0) is 10.2 Å².